The van der Waals surface area contributed by atoms with Gasteiger partial charge in [0.05, 0.1) is 0 Å². The van der Waals surface area contributed by atoms with Gasteiger partial charge in [0.2, 0.25) is 0 Å². The fraction of sp³-hybridized carbons (Fsp3) is 0.900. The van der Waals surface area contributed by atoms with Gasteiger partial charge in [0.25, 0.3) is 0 Å². The minimum atomic E-state index is -2.18. The number of carbonyl (C=O) groups is 2. The summed E-state index contributed by atoms with van der Waals surface area (Å²) in [6.07, 6.45) is 14.8. The fourth-order valence-corrected chi connectivity index (χ4v) is 11.6. The fourth-order valence-electron chi connectivity index (χ4n) is 3.97. The Morgan fingerprint density at radius 3 is 1.29 bits per heavy atom. The zero-order valence-electron chi connectivity index (χ0n) is 16.9. The number of esters is 2. The molecule has 0 amide bonds. The number of rotatable bonds is 14. The molecule has 0 saturated heterocycles. The third kappa shape index (κ3) is 8.10. The van der Waals surface area contributed by atoms with Gasteiger partial charge in [0.1, 0.15) is 0 Å². The van der Waals surface area contributed by atoms with Crippen molar-refractivity contribution < 1.29 is 14.3 Å². The van der Waals surface area contributed by atoms with Crippen molar-refractivity contribution in [1.29, 1.82) is 0 Å². The number of unbranched alkanes of at least 4 members (excludes halogenated alkanes) is 4. The van der Waals surface area contributed by atoms with Crippen LogP contribution in [0.15, 0.2) is 0 Å². The molecule has 0 atom stereocenters. The molecule has 0 unspecified atom stereocenters. The van der Waals surface area contributed by atoms with Gasteiger partial charge in [-0.1, -0.05) is 0 Å². The molecule has 4 heteroatoms. The topological polar surface area (TPSA) is 43.4 Å². The third-order valence-electron chi connectivity index (χ3n) is 5.41. The van der Waals surface area contributed by atoms with Crippen LogP contribution in [0.1, 0.15) is 86.0 Å². The van der Waals surface area contributed by atoms with Crippen molar-refractivity contribution >= 4 is 18.5 Å². The molecule has 0 fully saturated rings. The van der Waals surface area contributed by atoms with Crippen molar-refractivity contribution in [2.75, 3.05) is 30.8 Å². The molecule has 144 valence electrons. The Hall–Kier alpha value is -0.430. The third-order valence-corrected chi connectivity index (χ3v) is 12.9. The monoisotopic (exact) mass is 360 g/mol. The average Bonchev–Trinajstić information content (AvgIpc) is 2.54. The first-order chi connectivity index (χ1) is 11.4. The van der Waals surface area contributed by atoms with E-state index in [2.05, 4.69) is 27.7 Å². The van der Waals surface area contributed by atoms with Crippen LogP contribution in [-0.2, 0) is 14.3 Å². The van der Waals surface area contributed by atoms with E-state index in [1.165, 1.54) is 82.9 Å². The number of carbonyl (C=O) groups excluding carboxylic acids is 2. The molecular formula is C20H41O3P. The van der Waals surface area contributed by atoms with Crippen molar-refractivity contribution in [3.05, 3.63) is 0 Å². The molecule has 0 aromatic heterocycles. The molecule has 0 saturated carbocycles. The van der Waals surface area contributed by atoms with Crippen molar-refractivity contribution in [1.82, 2.24) is 0 Å². The predicted octanol–water partition coefficient (Wildman–Crippen LogP) is 5.83. The second kappa shape index (κ2) is 12.0. The quantitative estimate of drug-likeness (QED) is 0.222. The summed E-state index contributed by atoms with van der Waals surface area (Å²) in [7, 11) is 0. The molecule has 0 aliphatic carbocycles. The molecular weight excluding hydrogens is 319 g/mol. The molecule has 0 rings (SSSR count). The van der Waals surface area contributed by atoms with Crippen LogP contribution in [0, 0.1) is 0 Å². The van der Waals surface area contributed by atoms with Gasteiger partial charge in [-0.25, -0.2) is 0 Å². The van der Waals surface area contributed by atoms with Crippen molar-refractivity contribution in [3.8, 4) is 0 Å². The SMILES string of the molecule is CCCCP(CCCC)(CCCC)(CCCC)CC(=O)OC(C)=O. The summed E-state index contributed by atoms with van der Waals surface area (Å²) in [6, 6.07) is 0. The Morgan fingerprint density at radius 1 is 0.708 bits per heavy atom. The zero-order chi connectivity index (χ0) is 18.5. The molecule has 0 radical (unpaired) electrons. The Balaban J connectivity index is 5.71. The van der Waals surface area contributed by atoms with Gasteiger partial charge < -0.3 is 0 Å². The van der Waals surface area contributed by atoms with E-state index in [0.29, 0.717) is 6.16 Å². The van der Waals surface area contributed by atoms with Crippen molar-refractivity contribution in [3.63, 3.8) is 0 Å². The molecule has 0 N–H and O–H groups in total. The Bertz CT molecular complexity index is 336. The first-order valence-electron chi connectivity index (χ1n) is 10.1. The summed E-state index contributed by atoms with van der Waals surface area (Å²) in [5, 5.41) is 0. The molecule has 0 aliphatic heterocycles. The summed E-state index contributed by atoms with van der Waals surface area (Å²) in [6.45, 7) is 8.10. The van der Waals surface area contributed by atoms with E-state index >= 15 is 0 Å². The standard InChI is InChI=1S/C20H41O3P/c1-6-10-14-24(15-11-7-2,16-12-8-3,17-13-9-4)18-20(22)23-19(5)21/h6-18H2,1-5H3. The second-order valence-corrected chi connectivity index (χ2v) is 14.2. The minimum absolute atomic E-state index is 0.264. The van der Waals surface area contributed by atoms with Crippen molar-refractivity contribution in [2.24, 2.45) is 0 Å². The first-order valence-corrected chi connectivity index (χ1v) is 13.2. The van der Waals surface area contributed by atoms with E-state index in [0.717, 1.165) is 0 Å². The maximum absolute atomic E-state index is 12.5. The van der Waals surface area contributed by atoms with Crippen LogP contribution in [0.2, 0.25) is 0 Å². The summed E-state index contributed by atoms with van der Waals surface area (Å²) < 4.78 is 5.01. The van der Waals surface area contributed by atoms with E-state index in [4.69, 9.17) is 4.74 Å². The van der Waals surface area contributed by atoms with Gasteiger partial charge >= 0.3 is 150 Å². The van der Waals surface area contributed by atoms with Crippen LogP contribution >= 0.6 is 6.60 Å². The van der Waals surface area contributed by atoms with E-state index in [-0.39, 0.29) is 5.97 Å². The van der Waals surface area contributed by atoms with E-state index < -0.39 is 12.6 Å². The molecule has 0 bridgehead atoms. The molecule has 0 aromatic carbocycles. The van der Waals surface area contributed by atoms with Gasteiger partial charge in [0.15, 0.2) is 0 Å². The summed E-state index contributed by atoms with van der Waals surface area (Å²) in [4.78, 5) is 23.8. The molecule has 0 aromatic rings. The van der Waals surface area contributed by atoms with Crippen LogP contribution < -0.4 is 0 Å². The van der Waals surface area contributed by atoms with Gasteiger partial charge in [-0.3, -0.25) is 0 Å². The van der Waals surface area contributed by atoms with Crippen LogP contribution in [0.4, 0.5) is 0 Å². The predicted molar refractivity (Wildman–Crippen MR) is 108 cm³/mol. The van der Waals surface area contributed by atoms with Gasteiger partial charge in [-0.05, 0) is 0 Å². The van der Waals surface area contributed by atoms with E-state index in [9.17, 15) is 9.59 Å². The molecule has 24 heavy (non-hydrogen) atoms. The average molecular weight is 361 g/mol. The second-order valence-electron chi connectivity index (χ2n) is 7.67. The van der Waals surface area contributed by atoms with Gasteiger partial charge in [-0.15, -0.1) is 0 Å². The number of hydrogen-bond donors (Lipinski definition) is 0. The summed E-state index contributed by atoms with van der Waals surface area (Å²) >= 11 is 0. The zero-order valence-corrected chi connectivity index (χ0v) is 17.8. The molecule has 0 aliphatic rings. The first kappa shape index (κ1) is 23.6. The Kier molecular flexibility index (Phi) is 11.8. The van der Waals surface area contributed by atoms with Crippen LogP contribution in [0.5, 0.6) is 0 Å². The Morgan fingerprint density at radius 2 is 1.04 bits per heavy atom. The van der Waals surface area contributed by atoms with Crippen LogP contribution in [0.3, 0.4) is 0 Å². The van der Waals surface area contributed by atoms with Gasteiger partial charge in [-0.2, -0.15) is 0 Å². The van der Waals surface area contributed by atoms with E-state index in [1.54, 1.807) is 0 Å². The molecule has 3 nitrogen and oxygen atoms in total. The summed E-state index contributed by atoms with van der Waals surface area (Å²) in [5.41, 5.74) is 0. The Labute approximate surface area is 150 Å². The molecule has 0 spiro atoms. The van der Waals surface area contributed by atoms with Crippen LogP contribution in [-0.4, -0.2) is 42.7 Å². The maximum atomic E-state index is 12.5. The normalized spacial score (nSPS) is 13.3. The van der Waals surface area contributed by atoms with E-state index in [1.807, 2.05) is 0 Å². The number of hydrogen-bond acceptors (Lipinski definition) is 3. The molecule has 0 heterocycles. The van der Waals surface area contributed by atoms with Gasteiger partial charge in [0, 0.05) is 0 Å². The van der Waals surface area contributed by atoms with Crippen molar-refractivity contribution in [2.45, 2.75) is 86.0 Å². The van der Waals surface area contributed by atoms with Crippen LogP contribution in [0.25, 0.3) is 0 Å². The summed E-state index contributed by atoms with van der Waals surface area (Å²) in [5.74, 6) is -0.729. The number of ether oxygens (including phenoxy) is 1.